The number of aromatic nitrogens is 2. The molecule has 2 N–H and O–H groups in total. The summed E-state index contributed by atoms with van der Waals surface area (Å²) in [6.45, 7) is 0. The number of benzene rings is 2. The molecule has 0 aliphatic rings. The van der Waals surface area contributed by atoms with Gasteiger partial charge in [0.1, 0.15) is 0 Å². The van der Waals surface area contributed by atoms with E-state index in [0.29, 0.717) is 34.4 Å². The van der Waals surface area contributed by atoms with Crippen molar-refractivity contribution in [2.45, 2.75) is 6.42 Å². The van der Waals surface area contributed by atoms with Crippen LogP contribution in [0, 0.1) is 0 Å². The number of rotatable bonds is 3. The highest BCUT2D eigenvalue weighted by atomic mass is 79.9. The van der Waals surface area contributed by atoms with Crippen molar-refractivity contribution < 1.29 is 4.52 Å². The maximum absolute atomic E-state index is 5.97. The molecule has 0 aliphatic heterocycles. The molecule has 3 aromatic rings. The molecule has 0 aliphatic carbocycles. The van der Waals surface area contributed by atoms with Crippen molar-refractivity contribution in [3.05, 3.63) is 63.3 Å². The lowest BCUT2D eigenvalue weighted by Gasteiger charge is -2.00. The molecule has 0 fully saturated rings. The van der Waals surface area contributed by atoms with E-state index in [1.807, 2.05) is 24.3 Å². The van der Waals surface area contributed by atoms with E-state index in [1.165, 1.54) is 0 Å². The summed E-state index contributed by atoms with van der Waals surface area (Å²) >= 11 is 9.48. The summed E-state index contributed by atoms with van der Waals surface area (Å²) in [7, 11) is 0. The van der Waals surface area contributed by atoms with Gasteiger partial charge in [-0.25, -0.2) is 0 Å². The standard InChI is InChI=1S/C15H11BrClN3O/c16-12-4-2-1-3-9(12)7-14-19-15(21-20-14)11-8-10(17)5-6-13(11)18/h1-6,8H,7,18H2. The molecule has 1 heterocycles. The molecule has 0 radical (unpaired) electrons. The molecule has 4 nitrogen and oxygen atoms in total. The Morgan fingerprint density at radius 2 is 2.00 bits per heavy atom. The smallest absolute Gasteiger partial charge is 0.260 e. The molecule has 0 saturated carbocycles. The quantitative estimate of drug-likeness (QED) is 0.703. The number of anilines is 1. The van der Waals surface area contributed by atoms with E-state index in [9.17, 15) is 0 Å². The molecule has 21 heavy (non-hydrogen) atoms. The van der Waals surface area contributed by atoms with Gasteiger partial charge in [0.05, 0.1) is 5.56 Å². The zero-order valence-corrected chi connectivity index (χ0v) is 13.2. The van der Waals surface area contributed by atoms with Gasteiger partial charge in [-0.05, 0) is 29.8 Å². The summed E-state index contributed by atoms with van der Waals surface area (Å²) in [5, 5.41) is 4.57. The molecule has 0 unspecified atom stereocenters. The van der Waals surface area contributed by atoms with Gasteiger partial charge < -0.3 is 10.3 Å². The van der Waals surface area contributed by atoms with Crippen molar-refractivity contribution in [3.63, 3.8) is 0 Å². The lowest BCUT2D eigenvalue weighted by molar-refractivity contribution is 0.424. The first kappa shape index (κ1) is 14.1. The van der Waals surface area contributed by atoms with Gasteiger partial charge in [-0.1, -0.05) is 50.9 Å². The summed E-state index contributed by atoms with van der Waals surface area (Å²) < 4.78 is 6.30. The fourth-order valence-electron chi connectivity index (χ4n) is 1.96. The van der Waals surface area contributed by atoms with E-state index < -0.39 is 0 Å². The van der Waals surface area contributed by atoms with E-state index >= 15 is 0 Å². The van der Waals surface area contributed by atoms with Gasteiger partial charge in [0, 0.05) is 21.6 Å². The van der Waals surface area contributed by atoms with Crippen LogP contribution in [0.4, 0.5) is 5.69 Å². The van der Waals surface area contributed by atoms with Gasteiger partial charge >= 0.3 is 0 Å². The van der Waals surface area contributed by atoms with Crippen molar-refractivity contribution in [2.24, 2.45) is 0 Å². The molecule has 3 rings (SSSR count). The van der Waals surface area contributed by atoms with Gasteiger partial charge in [0.2, 0.25) is 0 Å². The number of nitrogens with two attached hydrogens (primary N) is 1. The highest BCUT2D eigenvalue weighted by molar-refractivity contribution is 9.10. The topological polar surface area (TPSA) is 64.9 Å². The molecule has 0 spiro atoms. The predicted octanol–water partition coefficient (Wildman–Crippen LogP) is 4.33. The van der Waals surface area contributed by atoms with Crippen LogP contribution in [0.25, 0.3) is 11.5 Å². The maximum Gasteiger partial charge on any atom is 0.260 e. The molecular weight excluding hydrogens is 354 g/mol. The predicted molar refractivity (Wildman–Crippen MR) is 86.1 cm³/mol. The van der Waals surface area contributed by atoms with Crippen LogP contribution < -0.4 is 5.73 Å². The average Bonchev–Trinajstić information content (AvgIpc) is 2.92. The first-order valence-electron chi connectivity index (χ1n) is 6.25. The molecule has 0 atom stereocenters. The van der Waals surface area contributed by atoms with Gasteiger partial charge in [0.15, 0.2) is 5.82 Å². The van der Waals surface area contributed by atoms with Crippen molar-refractivity contribution in [1.82, 2.24) is 10.1 Å². The summed E-state index contributed by atoms with van der Waals surface area (Å²) in [4.78, 5) is 4.38. The summed E-state index contributed by atoms with van der Waals surface area (Å²) in [5.41, 5.74) is 8.20. The highest BCUT2D eigenvalue weighted by Gasteiger charge is 2.13. The Labute approximate surface area is 135 Å². The number of hydrogen-bond donors (Lipinski definition) is 1. The monoisotopic (exact) mass is 363 g/mol. The minimum absolute atomic E-state index is 0.372. The summed E-state index contributed by atoms with van der Waals surface area (Å²) in [6.07, 6.45) is 0.575. The summed E-state index contributed by atoms with van der Waals surface area (Å²) in [5.74, 6) is 0.966. The molecule has 2 aromatic carbocycles. The van der Waals surface area contributed by atoms with Crippen LogP contribution in [-0.4, -0.2) is 10.1 Å². The zero-order valence-electron chi connectivity index (χ0n) is 10.9. The van der Waals surface area contributed by atoms with E-state index in [0.717, 1.165) is 10.0 Å². The average molecular weight is 365 g/mol. The Kier molecular flexibility index (Phi) is 3.94. The largest absolute Gasteiger partial charge is 0.398 e. The fraction of sp³-hybridized carbons (Fsp3) is 0.0667. The molecular formula is C15H11BrClN3O. The van der Waals surface area contributed by atoms with Crippen LogP contribution in [0.15, 0.2) is 51.5 Å². The van der Waals surface area contributed by atoms with Crippen molar-refractivity contribution >= 4 is 33.2 Å². The molecule has 0 bridgehead atoms. The third kappa shape index (κ3) is 3.09. The van der Waals surface area contributed by atoms with E-state index in [2.05, 4.69) is 26.1 Å². The van der Waals surface area contributed by atoms with Crippen LogP contribution in [0.1, 0.15) is 11.4 Å². The Morgan fingerprint density at radius 3 is 2.81 bits per heavy atom. The van der Waals surface area contributed by atoms with E-state index in [1.54, 1.807) is 18.2 Å². The summed E-state index contributed by atoms with van der Waals surface area (Å²) in [6, 6.07) is 13.1. The Balaban J connectivity index is 1.90. The number of hydrogen-bond acceptors (Lipinski definition) is 4. The Bertz CT molecular complexity index is 788. The first-order chi connectivity index (χ1) is 10.1. The second kappa shape index (κ2) is 5.87. The van der Waals surface area contributed by atoms with Gasteiger partial charge in [-0.15, -0.1) is 0 Å². The molecule has 106 valence electrons. The van der Waals surface area contributed by atoms with E-state index in [-0.39, 0.29) is 0 Å². The highest BCUT2D eigenvalue weighted by Crippen LogP contribution is 2.28. The van der Waals surface area contributed by atoms with Crippen molar-refractivity contribution in [2.75, 3.05) is 5.73 Å². The molecule has 1 aromatic heterocycles. The third-order valence-corrected chi connectivity index (χ3v) is 4.03. The zero-order chi connectivity index (χ0) is 14.8. The maximum atomic E-state index is 5.97. The number of nitrogens with zero attached hydrogens (tertiary/aromatic N) is 2. The van der Waals surface area contributed by atoms with Crippen LogP contribution in [0.2, 0.25) is 5.02 Å². The van der Waals surface area contributed by atoms with Crippen LogP contribution in [0.3, 0.4) is 0 Å². The minimum atomic E-state index is 0.372. The van der Waals surface area contributed by atoms with Gasteiger partial charge in [-0.3, -0.25) is 0 Å². The molecule has 0 amide bonds. The lowest BCUT2D eigenvalue weighted by Crippen LogP contribution is -1.93. The fourth-order valence-corrected chi connectivity index (χ4v) is 2.56. The van der Waals surface area contributed by atoms with Gasteiger partial charge in [-0.2, -0.15) is 4.98 Å². The SMILES string of the molecule is Nc1ccc(Cl)cc1-c1nc(Cc2ccccc2Br)no1. The van der Waals surface area contributed by atoms with Crippen molar-refractivity contribution in [1.29, 1.82) is 0 Å². The Hall–Kier alpha value is -1.85. The third-order valence-electron chi connectivity index (χ3n) is 3.02. The minimum Gasteiger partial charge on any atom is -0.398 e. The normalized spacial score (nSPS) is 10.8. The second-order valence-electron chi connectivity index (χ2n) is 4.52. The lowest BCUT2D eigenvalue weighted by atomic mass is 10.1. The van der Waals surface area contributed by atoms with Crippen LogP contribution >= 0.6 is 27.5 Å². The Morgan fingerprint density at radius 1 is 1.19 bits per heavy atom. The number of halogens is 2. The number of nitrogen functional groups attached to an aromatic ring is 1. The first-order valence-corrected chi connectivity index (χ1v) is 7.42. The van der Waals surface area contributed by atoms with Gasteiger partial charge in [0.25, 0.3) is 5.89 Å². The van der Waals surface area contributed by atoms with Crippen LogP contribution in [-0.2, 0) is 6.42 Å². The van der Waals surface area contributed by atoms with Crippen molar-refractivity contribution in [3.8, 4) is 11.5 Å². The molecule has 0 saturated heterocycles. The second-order valence-corrected chi connectivity index (χ2v) is 5.81. The van der Waals surface area contributed by atoms with Crippen LogP contribution in [0.5, 0.6) is 0 Å². The van der Waals surface area contributed by atoms with E-state index in [4.69, 9.17) is 21.9 Å². The molecule has 6 heteroatoms.